The van der Waals surface area contributed by atoms with Crippen LogP contribution < -0.4 is 0 Å². The van der Waals surface area contributed by atoms with Gasteiger partial charge in [0.25, 0.3) is 0 Å². The molecule has 6 atom stereocenters. The molecule has 0 aromatic heterocycles. The lowest BCUT2D eigenvalue weighted by Crippen LogP contribution is -2.30. The number of fused-ring (bicyclic) bond motifs is 2. The zero-order chi connectivity index (χ0) is 11.1. The highest BCUT2D eigenvalue weighted by molar-refractivity contribution is 4.97. The number of rotatable bonds is 2. The Morgan fingerprint density at radius 2 is 1.81 bits per heavy atom. The minimum absolute atomic E-state index is 0.0276. The van der Waals surface area contributed by atoms with Crippen LogP contribution >= 0.6 is 0 Å². The molecule has 3 rings (SSSR count). The molecule has 16 heavy (non-hydrogen) atoms. The molecule has 0 aromatic rings. The fourth-order valence-corrected chi connectivity index (χ4v) is 5.11. The standard InChI is InChI=1S/C15H26O/c1-2-10-6-13-7-12(10)9-15(13)11-4-3-5-14(16)8-11/h10-16H,2-9H2,1H3. The fraction of sp³-hybridized carbons (Fsp3) is 1.00. The van der Waals surface area contributed by atoms with E-state index >= 15 is 0 Å². The minimum atomic E-state index is 0.0276. The second-order valence-electron chi connectivity index (χ2n) is 6.64. The van der Waals surface area contributed by atoms with Gasteiger partial charge in [0.05, 0.1) is 6.10 Å². The highest BCUT2D eigenvalue weighted by Gasteiger charge is 2.47. The molecule has 1 nitrogen and oxygen atoms in total. The van der Waals surface area contributed by atoms with Gasteiger partial charge < -0.3 is 5.11 Å². The van der Waals surface area contributed by atoms with Crippen molar-refractivity contribution in [2.45, 2.75) is 64.4 Å². The number of hydrogen-bond acceptors (Lipinski definition) is 1. The van der Waals surface area contributed by atoms with Gasteiger partial charge in [-0.1, -0.05) is 19.8 Å². The summed E-state index contributed by atoms with van der Waals surface area (Å²) in [5.74, 6) is 5.00. The van der Waals surface area contributed by atoms with Crippen LogP contribution in [-0.4, -0.2) is 11.2 Å². The summed E-state index contributed by atoms with van der Waals surface area (Å²) in [5, 5.41) is 9.81. The first-order valence-corrected chi connectivity index (χ1v) is 7.46. The molecule has 0 aliphatic heterocycles. The summed E-state index contributed by atoms with van der Waals surface area (Å²) < 4.78 is 0. The largest absolute Gasteiger partial charge is 0.393 e. The molecule has 3 saturated carbocycles. The second kappa shape index (κ2) is 4.33. The van der Waals surface area contributed by atoms with E-state index in [2.05, 4.69) is 6.92 Å². The molecular weight excluding hydrogens is 196 g/mol. The SMILES string of the molecule is CCC1CC2CC1CC2C1CCCC(O)C1. The summed E-state index contributed by atoms with van der Waals surface area (Å²) in [4.78, 5) is 0. The quantitative estimate of drug-likeness (QED) is 0.756. The first kappa shape index (κ1) is 11.1. The third-order valence-electron chi connectivity index (χ3n) is 5.88. The number of aliphatic hydroxyl groups excluding tert-OH is 1. The van der Waals surface area contributed by atoms with Crippen LogP contribution in [0.25, 0.3) is 0 Å². The molecule has 6 unspecified atom stereocenters. The van der Waals surface area contributed by atoms with Crippen molar-refractivity contribution >= 4 is 0 Å². The van der Waals surface area contributed by atoms with Gasteiger partial charge in [0.2, 0.25) is 0 Å². The minimum Gasteiger partial charge on any atom is -0.393 e. The van der Waals surface area contributed by atoms with Gasteiger partial charge in [0, 0.05) is 0 Å². The van der Waals surface area contributed by atoms with Gasteiger partial charge in [0.15, 0.2) is 0 Å². The van der Waals surface area contributed by atoms with E-state index in [-0.39, 0.29) is 6.10 Å². The van der Waals surface area contributed by atoms with Crippen LogP contribution in [0.5, 0.6) is 0 Å². The van der Waals surface area contributed by atoms with Crippen molar-refractivity contribution in [2.24, 2.45) is 29.6 Å². The Labute approximate surface area is 99.6 Å². The monoisotopic (exact) mass is 222 g/mol. The number of aliphatic hydroxyl groups is 1. The van der Waals surface area contributed by atoms with E-state index in [0.717, 1.165) is 42.4 Å². The van der Waals surface area contributed by atoms with Crippen LogP contribution in [0.1, 0.15) is 58.3 Å². The zero-order valence-electron chi connectivity index (χ0n) is 10.6. The molecule has 1 N–H and O–H groups in total. The smallest absolute Gasteiger partial charge is 0.0543 e. The lowest BCUT2D eigenvalue weighted by Gasteiger charge is -2.37. The predicted molar refractivity (Wildman–Crippen MR) is 66.1 cm³/mol. The maximum Gasteiger partial charge on any atom is 0.0543 e. The van der Waals surface area contributed by atoms with Crippen molar-refractivity contribution in [2.75, 3.05) is 0 Å². The fourth-order valence-electron chi connectivity index (χ4n) is 5.11. The van der Waals surface area contributed by atoms with E-state index in [1.807, 2.05) is 0 Å². The third kappa shape index (κ3) is 1.81. The molecule has 0 heterocycles. The molecular formula is C15H26O. The molecule has 0 radical (unpaired) electrons. The van der Waals surface area contributed by atoms with Crippen molar-refractivity contribution < 1.29 is 5.11 Å². The first-order chi connectivity index (χ1) is 7.78. The van der Waals surface area contributed by atoms with Gasteiger partial charge in [-0.3, -0.25) is 0 Å². The van der Waals surface area contributed by atoms with E-state index in [0.29, 0.717) is 0 Å². The Balaban J connectivity index is 1.62. The van der Waals surface area contributed by atoms with Gasteiger partial charge in [-0.15, -0.1) is 0 Å². The molecule has 3 fully saturated rings. The summed E-state index contributed by atoms with van der Waals surface area (Å²) in [6.07, 6.45) is 10.8. The summed E-state index contributed by atoms with van der Waals surface area (Å²) in [7, 11) is 0. The molecule has 2 bridgehead atoms. The molecule has 3 aliphatic rings. The lowest BCUT2D eigenvalue weighted by molar-refractivity contribution is 0.0596. The molecule has 92 valence electrons. The topological polar surface area (TPSA) is 20.2 Å². The Morgan fingerprint density at radius 3 is 2.44 bits per heavy atom. The van der Waals surface area contributed by atoms with Gasteiger partial charge in [-0.25, -0.2) is 0 Å². The van der Waals surface area contributed by atoms with Gasteiger partial charge in [0.1, 0.15) is 0 Å². The molecule has 0 saturated heterocycles. The average Bonchev–Trinajstić information content (AvgIpc) is 2.87. The maximum absolute atomic E-state index is 9.81. The molecule has 1 heteroatoms. The third-order valence-corrected chi connectivity index (χ3v) is 5.88. The Bertz CT molecular complexity index is 250. The molecule has 0 amide bonds. The summed E-state index contributed by atoms with van der Waals surface area (Å²) in [5.41, 5.74) is 0. The van der Waals surface area contributed by atoms with E-state index < -0.39 is 0 Å². The van der Waals surface area contributed by atoms with Crippen molar-refractivity contribution in [3.05, 3.63) is 0 Å². The van der Waals surface area contributed by atoms with Crippen LogP contribution in [0.15, 0.2) is 0 Å². The summed E-state index contributed by atoms with van der Waals surface area (Å²) >= 11 is 0. The number of hydrogen-bond donors (Lipinski definition) is 1. The zero-order valence-corrected chi connectivity index (χ0v) is 10.6. The molecule has 0 aromatic carbocycles. The molecule has 0 spiro atoms. The predicted octanol–water partition coefficient (Wildman–Crippen LogP) is 3.61. The van der Waals surface area contributed by atoms with Crippen molar-refractivity contribution in [1.82, 2.24) is 0 Å². The van der Waals surface area contributed by atoms with Crippen molar-refractivity contribution in [3.8, 4) is 0 Å². The van der Waals surface area contributed by atoms with E-state index in [4.69, 9.17) is 0 Å². The van der Waals surface area contributed by atoms with Crippen LogP contribution in [0, 0.1) is 29.6 Å². The first-order valence-electron chi connectivity index (χ1n) is 7.46. The second-order valence-corrected chi connectivity index (χ2v) is 6.64. The van der Waals surface area contributed by atoms with E-state index in [1.54, 1.807) is 0 Å². The van der Waals surface area contributed by atoms with E-state index in [9.17, 15) is 5.11 Å². The highest BCUT2D eigenvalue weighted by Crippen LogP contribution is 2.56. The van der Waals surface area contributed by atoms with Gasteiger partial charge in [-0.05, 0) is 68.1 Å². The Hall–Kier alpha value is -0.0400. The average molecular weight is 222 g/mol. The van der Waals surface area contributed by atoms with Crippen LogP contribution in [0.2, 0.25) is 0 Å². The van der Waals surface area contributed by atoms with Gasteiger partial charge in [-0.2, -0.15) is 0 Å². The van der Waals surface area contributed by atoms with Crippen molar-refractivity contribution in [3.63, 3.8) is 0 Å². The summed E-state index contributed by atoms with van der Waals surface area (Å²) in [6.45, 7) is 2.37. The van der Waals surface area contributed by atoms with Crippen LogP contribution in [0.4, 0.5) is 0 Å². The maximum atomic E-state index is 9.81. The van der Waals surface area contributed by atoms with Gasteiger partial charge >= 0.3 is 0 Å². The van der Waals surface area contributed by atoms with Crippen molar-refractivity contribution in [1.29, 1.82) is 0 Å². The van der Waals surface area contributed by atoms with Crippen LogP contribution in [0.3, 0.4) is 0 Å². The molecule has 3 aliphatic carbocycles. The Kier molecular flexibility index (Phi) is 2.99. The highest BCUT2D eigenvalue weighted by atomic mass is 16.3. The van der Waals surface area contributed by atoms with Crippen LogP contribution in [-0.2, 0) is 0 Å². The van der Waals surface area contributed by atoms with E-state index in [1.165, 1.54) is 38.5 Å². The lowest BCUT2D eigenvalue weighted by atomic mass is 9.70. The normalized spacial score (nSPS) is 52.1. The Morgan fingerprint density at radius 1 is 0.938 bits per heavy atom. The summed E-state index contributed by atoms with van der Waals surface area (Å²) in [6, 6.07) is 0.